The van der Waals surface area contributed by atoms with Crippen LogP contribution in [0.4, 0.5) is 11.5 Å². The maximum atomic E-state index is 9.21. The molecular formula is C15H14N6. The van der Waals surface area contributed by atoms with Gasteiger partial charge in [0.1, 0.15) is 18.2 Å². The number of anilines is 2. The van der Waals surface area contributed by atoms with Gasteiger partial charge in [-0.1, -0.05) is 19.1 Å². The van der Waals surface area contributed by atoms with Gasteiger partial charge in [0.05, 0.1) is 11.3 Å². The fourth-order valence-electron chi connectivity index (χ4n) is 2.35. The van der Waals surface area contributed by atoms with Crippen molar-refractivity contribution in [3.05, 3.63) is 47.4 Å². The molecular weight excluding hydrogens is 264 g/mol. The average Bonchev–Trinajstić information content (AvgIpc) is 2.96. The summed E-state index contributed by atoms with van der Waals surface area (Å²) >= 11 is 0. The first-order valence-corrected chi connectivity index (χ1v) is 6.70. The summed E-state index contributed by atoms with van der Waals surface area (Å²) < 4.78 is 1.67. The Morgan fingerprint density at radius 1 is 1.33 bits per heavy atom. The number of nitrogens with zero attached hydrogens (tertiary/aromatic N) is 5. The molecule has 2 heterocycles. The quantitative estimate of drug-likeness (QED) is 0.796. The highest BCUT2D eigenvalue weighted by molar-refractivity contribution is 5.68. The van der Waals surface area contributed by atoms with Crippen LogP contribution in [0.3, 0.4) is 0 Å². The second kappa shape index (κ2) is 5.21. The number of nitrogens with one attached hydrogen (secondary N) is 1. The van der Waals surface area contributed by atoms with Crippen LogP contribution in [0.25, 0.3) is 5.78 Å². The molecule has 1 aromatic carbocycles. The minimum absolute atomic E-state index is 0.543. The summed E-state index contributed by atoms with van der Waals surface area (Å²) in [4.78, 5) is 8.57. The van der Waals surface area contributed by atoms with Crippen LogP contribution in [0.5, 0.6) is 0 Å². The molecule has 0 aliphatic heterocycles. The maximum Gasteiger partial charge on any atom is 0.254 e. The van der Waals surface area contributed by atoms with E-state index in [1.807, 2.05) is 25.1 Å². The number of fused-ring (bicyclic) bond motifs is 1. The number of hydrogen-bond acceptors (Lipinski definition) is 5. The number of para-hydroxylation sites is 1. The van der Waals surface area contributed by atoms with Crippen LogP contribution in [0, 0.1) is 18.3 Å². The summed E-state index contributed by atoms with van der Waals surface area (Å²) in [6.07, 6.45) is 2.29. The van der Waals surface area contributed by atoms with Crippen molar-refractivity contribution in [3.8, 4) is 6.07 Å². The largest absolute Gasteiger partial charge is 0.339 e. The van der Waals surface area contributed by atoms with Crippen molar-refractivity contribution in [2.24, 2.45) is 0 Å². The van der Waals surface area contributed by atoms with E-state index in [4.69, 9.17) is 0 Å². The zero-order valence-corrected chi connectivity index (χ0v) is 11.8. The molecule has 0 bridgehead atoms. The van der Waals surface area contributed by atoms with Crippen molar-refractivity contribution >= 4 is 17.3 Å². The van der Waals surface area contributed by atoms with E-state index in [0.29, 0.717) is 11.3 Å². The molecule has 0 saturated heterocycles. The van der Waals surface area contributed by atoms with Crippen LogP contribution in [0.15, 0.2) is 30.6 Å². The van der Waals surface area contributed by atoms with Gasteiger partial charge in [-0.05, 0) is 25.5 Å². The highest BCUT2D eigenvalue weighted by atomic mass is 15.4. The lowest BCUT2D eigenvalue weighted by Gasteiger charge is -2.14. The second-order valence-corrected chi connectivity index (χ2v) is 4.63. The molecule has 0 aliphatic carbocycles. The van der Waals surface area contributed by atoms with Crippen molar-refractivity contribution in [1.82, 2.24) is 19.6 Å². The number of nitriles is 1. The van der Waals surface area contributed by atoms with E-state index >= 15 is 0 Å². The van der Waals surface area contributed by atoms with Gasteiger partial charge < -0.3 is 5.32 Å². The lowest BCUT2D eigenvalue weighted by Crippen LogP contribution is -2.08. The van der Waals surface area contributed by atoms with Gasteiger partial charge >= 0.3 is 0 Å². The highest BCUT2D eigenvalue weighted by Gasteiger charge is 2.14. The van der Waals surface area contributed by atoms with Gasteiger partial charge in [-0.2, -0.15) is 19.9 Å². The molecule has 6 nitrogen and oxygen atoms in total. The Morgan fingerprint density at radius 2 is 2.14 bits per heavy atom. The average molecular weight is 278 g/mol. The molecule has 3 aromatic rings. The van der Waals surface area contributed by atoms with E-state index in [1.165, 1.54) is 6.33 Å². The molecule has 0 spiro atoms. The number of aromatic nitrogens is 4. The van der Waals surface area contributed by atoms with Gasteiger partial charge in [0.15, 0.2) is 0 Å². The molecule has 0 amide bonds. The molecule has 0 radical (unpaired) electrons. The summed E-state index contributed by atoms with van der Waals surface area (Å²) in [5.41, 5.74) is 3.30. The third-order valence-electron chi connectivity index (χ3n) is 3.39. The zero-order valence-electron chi connectivity index (χ0n) is 11.8. The number of aryl methyl sites for hydroxylation is 1. The van der Waals surface area contributed by atoms with E-state index in [0.717, 1.165) is 29.2 Å². The molecule has 2 aromatic heterocycles. The van der Waals surface area contributed by atoms with Crippen LogP contribution in [-0.4, -0.2) is 19.6 Å². The summed E-state index contributed by atoms with van der Waals surface area (Å²) in [5.74, 6) is 1.35. The van der Waals surface area contributed by atoms with E-state index in [-0.39, 0.29) is 0 Å². The van der Waals surface area contributed by atoms with Gasteiger partial charge in [0, 0.05) is 11.3 Å². The van der Waals surface area contributed by atoms with Crippen molar-refractivity contribution < 1.29 is 0 Å². The Balaban J connectivity index is 2.20. The molecule has 0 atom stereocenters. The van der Waals surface area contributed by atoms with Crippen molar-refractivity contribution in [2.75, 3.05) is 5.32 Å². The number of rotatable bonds is 3. The Hall–Kier alpha value is -2.94. The lowest BCUT2D eigenvalue weighted by molar-refractivity contribution is 0.903. The van der Waals surface area contributed by atoms with E-state index < -0.39 is 0 Å². The highest BCUT2D eigenvalue weighted by Crippen LogP contribution is 2.25. The first-order valence-electron chi connectivity index (χ1n) is 6.70. The summed E-state index contributed by atoms with van der Waals surface area (Å²) in [7, 11) is 0. The van der Waals surface area contributed by atoms with Gasteiger partial charge in [0.2, 0.25) is 0 Å². The monoisotopic (exact) mass is 278 g/mol. The molecule has 3 rings (SSSR count). The third kappa shape index (κ3) is 2.19. The Labute approximate surface area is 122 Å². The van der Waals surface area contributed by atoms with Crippen molar-refractivity contribution in [3.63, 3.8) is 0 Å². The van der Waals surface area contributed by atoms with Crippen molar-refractivity contribution in [1.29, 1.82) is 5.26 Å². The minimum Gasteiger partial charge on any atom is -0.339 e. The van der Waals surface area contributed by atoms with Gasteiger partial charge in [-0.3, -0.25) is 0 Å². The normalized spacial score (nSPS) is 10.5. The first kappa shape index (κ1) is 13.1. The Bertz CT molecular complexity index is 843. The first-order chi connectivity index (χ1) is 10.2. The lowest BCUT2D eigenvalue weighted by atomic mass is 10.1. The summed E-state index contributed by atoms with van der Waals surface area (Å²) in [6.45, 7) is 4.02. The predicted molar refractivity (Wildman–Crippen MR) is 79.3 cm³/mol. The zero-order chi connectivity index (χ0) is 14.8. The maximum absolute atomic E-state index is 9.21. The summed E-state index contributed by atoms with van der Waals surface area (Å²) in [5, 5.41) is 16.7. The van der Waals surface area contributed by atoms with Gasteiger partial charge in [-0.25, -0.2) is 4.98 Å². The third-order valence-corrected chi connectivity index (χ3v) is 3.39. The molecule has 0 aliphatic rings. The standard InChI is InChI=1S/C15H14N6/c1-3-12-10(2)19-15-17-9-18-21(15)14(12)20-13-7-5-4-6-11(13)8-16/h4-7,9,20H,3H2,1-2H3. The minimum atomic E-state index is 0.543. The van der Waals surface area contributed by atoms with Crippen LogP contribution >= 0.6 is 0 Å². The van der Waals surface area contributed by atoms with Crippen LogP contribution in [-0.2, 0) is 6.42 Å². The molecule has 0 unspecified atom stereocenters. The molecule has 0 saturated carbocycles. The number of benzene rings is 1. The molecule has 6 heteroatoms. The topological polar surface area (TPSA) is 78.9 Å². The molecule has 1 N–H and O–H groups in total. The molecule has 21 heavy (non-hydrogen) atoms. The smallest absolute Gasteiger partial charge is 0.254 e. The van der Waals surface area contributed by atoms with Crippen LogP contribution in [0.1, 0.15) is 23.7 Å². The van der Waals surface area contributed by atoms with E-state index in [2.05, 4.69) is 33.4 Å². The van der Waals surface area contributed by atoms with E-state index in [1.54, 1.807) is 10.6 Å². The van der Waals surface area contributed by atoms with Gasteiger partial charge in [-0.15, -0.1) is 0 Å². The van der Waals surface area contributed by atoms with Crippen LogP contribution in [0.2, 0.25) is 0 Å². The van der Waals surface area contributed by atoms with Gasteiger partial charge in [0.25, 0.3) is 5.78 Å². The fraction of sp³-hybridized carbons (Fsp3) is 0.200. The van der Waals surface area contributed by atoms with Crippen LogP contribution < -0.4 is 5.32 Å². The SMILES string of the molecule is CCc1c(C)nc2ncnn2c1Nc1ccccc1C#N. The van der Waals surface area contributed by atoms with Crippen molar-refractivity contribution in [2.45, 2.75) is 20.3 Å². The summed E-state index contributed by atoms with van der Waals surface area (Å²) in [6, 6.07) is 9.57. The molecule has 104 valence electrons. The predicted octanol–water partition coefficient (Wildman–Crippen LogP) is 2.61. The second-order valence-electron chi connectivity index (χ2n) is 4.63. The Kier molecular flexibility index (Phi) is 3.24. The van der Waals surface area contributed by atoms with E-state index in [9.17, 15) is 5.26 Å². The Morgan fingerprint density at radius 3 is 2.90 bits per heavy atom. The molecule has 0 fully saturated rings. The fourth-order valence-corrected chi connectivity index (χ4v) is 2.35. The number of hydrogen-bond donors (Lipinski definition) is 1.